The van der Waals surface area contributed by atoms with Gasteiger partial charge in [-0.3, -0.25) is 4.90 Å². The molecule has 3 heterocycles. The Labute approximate surface area is 201 Å². The van der Waals surface area contributed by atoms with Crippen LogP contribution in [0.1, 0.15) is 47.3 Å². The fraction of sp³-hybridized carbons (Fsp3) is 0.407. The molecule has 33 heavy (non-hydrogen) atoms. The van der Waals surface area contributed by atoms with Crippen molar-refractivity contribution in [3.8, 4) is 11.1 Å². The summed E-state index contributed by atoms with van der Waals surface area (Å²) in [6, 6.07) is 16.8. The average molecular weight is 464 g/mol. The molecule has 4 rings (SSSR count). The topological polar surface area (TPSA) is 45.7 Å². The van der Waals surface area contributed by atoms with E-state index < -0.39 is 0 Å². The smallest absolute Gasteiger partial charge is 0.342 e. The van der Waals surface area contributed by atoms with Gasteiger partial charge in [0.1, 0.15) is 11.4 Å². The summed E-state index contributed by atoms with van der Waals surface area (Å²) in [6.45, 7) is 11.8. The van der Waals surface area contributed by atoms with Crippen molar-refractivity contribution in [2.75, 3.05) is 24.5 Å². The molecule has 0 radical (unpaired) electrons. The van der Waals surface area contributed by atoms with Gasteiger partial charge in [-0.15, -0.1) is 11.3 Å². The highest BCUT2D eigenvalue weighted by Gasteiger charge is 2.32. The molecule has 0 amide bonds. The summed E-state index contributed by atoms with van der Waals surface area (Å²) >= 11 is 1.87. The van der Waals surface area contributed by atoms with Crippen LogP contribution in [0.25, 0.3) is 11.1 Å². The Hall–Kier alpha value is -2.70. The van der Waals surface area contributed by atoms with Crippen LogP contribution in [0.5, 0.6) is 0 Å². The lowest BCUT2D eigenvalue weighted by molar-refractivity contribution is 0.0379. The summed E-state index contributed by atoms with van der Waals surface area (Å²) < 4.78 is 5.66. The van der Waals surface area contributed by atoms with E-state index in [1.54, 1.807) is 0 Å². The molecule has 0 N–H and O–H groups in total. The molecule has 5 nitrogen and oxygen atoms in total. The van der Waals surface area contributed by atoms with E-state index in [0.717, 1.165) is 49.5 Å². The Bertz CT molecular complexity index is 1080. The number of ether oxygens (including phenoxy) is 1. The van der Waals surface area contributed by atoms with E-state index in [2.05, 4.69) is 35.8 Å². The van der Waals surface area contributed by atoms with Gasteiger partial charge in [-0.25, -0.2) is 9.78 Å². The van der Waals surface area contributed by atoms with E-state index in [0.29, 0.717) is 11.6 Å². The quantitative estimate of drug-likeness (QED) is 0.396. The number of anilines is 1. The number of esters is 1. The first-order valence-electron chi connectivity index (χ1n) is 11.8. The number of pyridine rings is 1. The molecule has 0 unspecified atom stereocenters. The minimum atomic E-state index is -0.309. The summed E-state index contributed by atoms with van der Waals surface area (Å²) in [5, 5.41) is 0. The summed E-state index contributed by atoms with van der Waals surface area (Å²) in [4.78, 5) is 25.5. The first-order chi connectivity index (χ1) is 16.0. The molecule has 2 aromatic heterocycles. The minimum absolute atomic E-state index is 0.189. The van der Waals surface area contributed by atoms with Crippen LogP contribution in [0, 0.1) is 6.92 Å². The van der Waals surface area contributed by atoms with Crippen LogP contribution < -0.4 is 4.90 Å². The van der Waals surface area contributed by atoms with Crippen molar-refractivity contribution in [3.63, 3.8) is 0 Å². The predicted octanol–water partition coefficient (Wildman–Crippen LogP) is 5.78. The molecule has 6 heteroatoms. The van der Waals surface area contributed by atoms with Gasteiger partial charge < -0.3 is 9.64 Å². The molecule has 0 aliphatic carbocycles. The Balaban J connectivity index is 1.62. The largest absolute Gasteiger partial charge is 0.459 e. The molecule has 0 bridgehead atoms. The van der Waals surface area contributed by atoms with Crippen LogP contribution >= 0.6 is 11.3 Å². The SMILES string of the molecule is CCN(Cc1ccc(C)s1)[C@@H]1CCN(c2nccc(-c3ccccc3)c2C(=O)OC(C)C)C1. The molecular weight excluding hydrogens is 430 g/mol. The van der Waals surface area contributed by atoms with E-state index >= 15 is 0 Å². The van der Waals surface area contributed by atoms with Crippen molar-refractivity contribution in [1.29, 1.82) is 0 Å². The molecule has 1 atom stereocenters. The number of carbonyl (C=O) groups excluding carboxylic acids is 1. The number of aromatic nitrogens is 1. The van der Waals surface area contributed by atoms with Gasteiger partial charge in [0, 0.05) is 47.2 Å². The zero-order valence-corrected chi connectivity index (χ0v) is 20.8. The number of benzene rings is 1. The lowest BCUT2D eigenvalue weighted by Gasteiger charge is -2.28. The van der Waals surface area contributed by atoms with E-state index in [4.69, 9.17) is 9.72 Å². The van der Waals surface area contributed by atoms with Crippen molar-refractivity contribution in [2.45, 2.75) is 52.8 Å². The zero-order valence-electron chi connectivity index (χ0n) is 20.0. The van der Waals surface area contributed by atoms with Crippen molar-refractivity contribution in [1.82, 2.24) is 9.88 Å². The molecule has 1 aromatic carbocycles. The van der Waals surface area contributed by atoms with Crippen molar-refractivity contribution in [2.24, 2.45) is 0 Å². The third kappa shape index (κ3) is 5.45. The third-order valence-electron chi connectivity index (χ3n) is 6.10. The van der Waals surface area contributed by atoms with E-state index in [1.807, 2.05) is 67.8 Å². The maximum absolute atomic E-state index is 13.2. The number of nitrogens with zero attached hydrogens (tertiary/aromatic N) is 3. The van der Waals surface area contributed by atoms with Gasteiger partial charge in [-0.1, -0.05) is 37.3 Å². The zero-order chi connectivity index (χ0) is 23.4. The average Bonchev–Trinajstić information content (AvgIpc) is 3.46. The van der Waals surface area contributed by atoms with Crippen molar-refractivity contribution < 1.29 is 9.53 Å². The molecule has 1 aliphatic heterocycles. The summed E-state index contributed by atoms with van der Waals surface area (Å²) in [5.41, 5.74) is 2.43. The lowest BCUT2D eigenvalue weighted by atomic mass is 10.0. The fourth-order valence-corrected chi connectivity index (χ4v) is 5.44. The third-order valence-corrected chi connectivity index (χ3v) is 7.09. The molecule has 0 spiro atoms. The second-order valence-corrected chi connectivity index (χ2v) is 10.2. The first kappa shape index (κ1) is 23.5. The van der Waals surface area contributed by atoms with Crippen LogP contribution in [0.2, 0.25) is 0 Å². The maximum Gasteiger partial charge on any atom is 0.342 e. The monoisotopic (exact) mass is 463 g/mol. The van der Waals surface area contributed by atoms with Gasteiger partial charge in [0.15, 0.2) is 0 Å². The molecule has 1 fully saturated rings. The number of hydrogen-bond acceptors (Lipinski definition) is 6. The van der Waals surface area contributed by atoms with E-state index in [1.165, 1.54) is 9.75 Å². The standard InChI is InChI=1S/C27H33N3O2S/c1-5-29(18-23-12-11-20(4)33-23)22-14-16-30(17-22)26-25(27(31)32-19(2)3)24(13-15-28-26)21-9-7-6-8-10-21/h6-13,15,19,22H,5,14,16-18H2,1-4H3/t22-/m1/s1. The Kier molecular flexibility index (Phi) is 7.46. The second-order valence-electron chi connectivity index (χ2n) is 8.84. The second kappa shape index (κ2) is 10.5. The van der Waals surface area contributed by atoms with Crippen LogP contribution in [0.3, 0.4) is 0 Å². The Morgan fingerprint density at radius 3 is 2.67 bits per heavy atom. The number of aryl methyl sites for hydroxylation is 1. The maximum atomic E-state index is 13.2. The molecule has 1 saturated heterocycles. The van der Waals surface area contributed by atoms with Gasteiger partial charge in [-0.05, 0) is 57.5 Å². The van der Waals surface area contributed by atoms with Gasteiger partial charge in [0.05, 0.1) is 6.10 Å². The normalized spacial score (nSPS) is 16.1. The number of hydrogen-bond donors (Lipinski definition) is 0. The highest BCUT2D eigenvalue weighted by atomic mass is 32.1. The Morgan fingerprint density at radius 1 is 1.21 bits per heavy atom. The van der Waals surface area contributed by atoms with Crippen LogP contribution in [0.4, 0.5) is 5.82 Å². The first-order valence-corrected chi connectivity index (χ1v) is 12.6. The summed E-state index contributed by atoms with van der Waals surface area (Å²) in [7, 11) is 0. The van der Waals surface area contributed by atoms with E-state index in [-0.39, 0.29) is 12.1 Å². The summed E-state index contributed by atoms with van der Waals surface area (Å²) in [5.74, 6) is 0.421. The van der Waals surface area contributed by atoms with Crippen LogP contribution in [-0.2, 0) is 11.3 Å². The van der Waals surface area contributed by atoms with Gasteiger partial charge in [0.25, 0.3) is 0 Å². The van der Waals surface area contributed by atoms with Crippen LogP contribution in [-0.4, -0.2) is 47.6 Å². The van der Waals surface area contributed by atoms with Crippen LogP contribution in [0.15, 0.2) is 54.7 Å². The van der Waals surface area contributed by atoms with E-state index in [9.17, 15) is 4.79 Å². The molecule has 174 valence electrons. The minimum Gasteiger partial charge on any atom is -0.459 e. The van der Waals surface area contributed by atoms with Gasteiger partial charge >= 0.3 is 5.97 Å². The van der Waals surface area contributed by atoms with Gasteiger partial charge in [0.2, 0.25) is 0 Å². The van der Waals surface area contributed by atoms with Gasteiger partial charge in [-0.2, -0.15) is 0 Å². The van der Waals surface area contributed by atoms with Crippen molar-refractivity contribution >= 4 is 23.1 Å². The molecule has 1 aliphatic rings. The lowest BCUT2D eigenvalue weighted by Crippen LogP contribution is -2.37. The molecular formula is C27H33N3O2S. The number of likely N-dealkylation sites (N-methyl/N-ethyl adjacent to an activating group) is 1. The fourth-order valence-electron chi connectivity index (χ4n) is 4.52. The molecule has 3 aromatic rings. The Morgan fingerprint density at radius 2 is 2.00 bits per heavy atom. The van der Waals surface area contributed by atoms with Crippen molar-refractivity contribution in [3.05, 3.63) is 70.0 Å². The number of thiophene rings is 1. The summed E-state index contributed by atoms with van der Waals surface area (Å²) in [6.07, 6.45) is 2.67. The highest BCUT2D eigenvalue weighted by molar-refractivity contribution is 7.11. The number of rotatable bonds is 8. The molecule has 0 saturated carbocycles. The highest BCUT2D eigenvalue weighted by Crippen LogP contribution is 2.33. The predicted molar refractivity (Wildman–Crippen MR) is 136 cm³/mol. The number of carbonyl (C=O) groups is 1.